The van der Waals surface area contributed by atoms with Crippen molar-refractivity contribution in [3.8, 4) is 0 Å². The van der Waals surface area contributed by atoms with Crippen LogP contribution in [0.1, 0.15) is 25.8 Å². The molecule has 138 valence electrons. The first-order valence-corrected chi connectivity index (χ1v) is 10.0. The van der Waals surface area contributed by atoms with Crippen molar-refractivity contribution in [3.63, 3.8) is 0 Å². The second-order valence-electron chi connectivity index (χ2n) is 7.27. The second-order valence-corrected chi connectivity index (χ2v) is 8.27. The lowest BCUT2D eigenvalue weighted by atomic mass is 9.92. The lowest BCUT2D eigenvalue weighted by Gasteiger charge is -2.35. The molecule has 1 aromatic heterocycles. The minimum atomic E-state index is -0.0269. The van der Waals surface area contributed by atoms with Crippen LogP contribution < -0.4 is 10.2 Å². The van der Waals surface area contributed by atoms with Crippen LogP contribution in [0.2, 0.25) is 0 Å². The van der Waals surface area contributed by atoms with Gasteiger partial charge in [0.2, 0.25) is 5.91 Å². The Morgan fingerprint density at radius 1 is 1.23 bits per heavy atom. The van der Waals surface area contributed by atoms with Crippen molar-refractivity contribution in [2.45, 2.75) is 32.2 Å². The van der Waals surface area contributed by atoms with Crippen molar-refractivity contribution in [3.05, 3.63) is 42.2 Å². The molecule has 1 N–H and O–H groups in total. The minimum absolute atomic E-state index is 0.0269. The predicted molar refractivity (Wildman–Crippen MR) is 108 cm³/mol. The normalized spacial score (nSPS) is 20.0. The number of piperidine rings is 1. The standard InChI is InChI=1S/C20H26N4OS/c1-14-5-4-6-17(8-14)23-19(25)12-26-20-9-18(21-13-22-20)24-10-15(2)7-16(3)11-24/h4-6,8-9,13,15-16H,7,10-12H2,1-3H3,(H,23,25). The third-order valence-corrected chi connectivity index (χ3v) is 5.40. The molecule has 1 fully saturated rings. The van der Waals surface area contributed by atoms with E-state index in [1.54, 1.807) is 6.33 Å². The van der Waals surface area contributed by atoms with Crippen molar-refractivity contribution in [1.29, 1.82) is 0 Å². The van der Waals surface area contributed by atoms with Gasteiger partial charge in [-0.15, -0.1) is 0 Å². The Hall–Kier alpha value is -2.08. The average Bonchev–Trinajstić information content (AvgIpc) is 2.59. The second kappa shape index (κ2) is 8.54. The van der Waals surface area contributed by atoms with Crippen molar-refractivity contribution >= 4 is 29.2 Å². The zero-order valence-electron chi connectivity index (χ0n) is 15.6. The van der Waals surface area contributed by atoms with Crippen molar-refractivity contribution in [1.82, 2.24) is 9.97 Å². The fraction of sp³-hybridized carbons (Fsp3) is 0.450. The van der Waals surface area contributed by atoms with E-state index in [9.17, 15) is 4.79 Å². The van der Waals surface area contributed by atoms with E-state index in [-0.39, 0.29) is 5.91 Å². The molecule has 3 rings (SSSR count). The largest absolute Gasteiger partial charge is 0.356 e. The molecule has 0 spiro atoms. The van der Waals surface area contributed by atoms with Crippen LogP contribution in [0.4, 0.5) is 11.5 Å². The number of aromatic nitrogens is 2. The van der Waals surface area contributed by atoms with Gasteiger partial charge in [-0.2, -0.15) is 0 Å². The molecule has 0 aliphatic carbocycles. The number of rotatable bonds is 5. The monoisotopic (exact) mass is 370 g/mol. The maximum atomic E-state index is 12.2. The number of carbonyl (C=O) groups is 1. The summed E-state index contributed by atoms with van der Waals surface area (Å²) in [7, 11) is 0. The van der Waals surface area contributed by atoms with Crippen LogP contribution >= 0.6 is 11.8 Å². The van der Waals surface area contributed by atoms with Gasteiger partial charge in [-0.1, -0.05) is 37.7 Å². The van der Waals surface area contributed by atoms with Crippen LogP contribution in [0, 0.1) is 18.8 Å². The van der Waals surface area contributed by atoms with Gasteiger partial charge in [0, 0.05) is 24.8 Å². The van der Waals surface area contributed by atoms with Crippen LogP contribution in [-0.2, 0) is 4.79 Å². The first-order chi connectivity index (χ1) is 12.5. The van der Waals surface area contributed by atoms with E-state index in [1.165, 1.54) is 18.2 Å². The van der Waals surface area contributed by atoms with E-state index in [1.807, 2.05) is 37.3 Å². The molecule has 0 saturated carbocycles. The Labute approximate surface area is 159 Å². The number of hydrogen-bond donors (Lipinski definition) is 1. The lowest BCUT2D eigenvalue weighted by molar-refractivity contribution is -0.113. The molecule has 1 aliphatic heterocycles. The fourth-order valence-electron chi connectivity index (χ4n) is 3.49. The van der Waals surface area contributed by atoms with Gasteiger partial charge in [-0.25, -0.2) is 9.97 Å². The van der Waals surface area contributed by atoms with Crippen LogP contribution in [0.25, 0.3) is 0 Å². The number of aryl methyl sites for hydroxylation is 1. The zero-order chi connectivity index (χ0) is 18.5. The number of nitrogens with zero attached hydrogens (tertiary/aromatic N) is 3. The van der Waals surface area contributed by atoms with Gasteiger partial charge >= 0.3 is 0 Å². The number of nitrogens with one attached hydrogen (secondary N) is 1. The summed E-state index contributed by atoms with van der Waals surface area (Å²) in [6.07, 6.45) is 2.86. The molecule has 2 aromatic rings. The van der Waals surface area contributed by atoms with Gasteiger partial charge < -0.3 is 10.2 Å². The Kier molecular flexibility index (Phi) is 6.14. The van der Waals surface area contributed by atoms with Gasteiger partial charge in [0.05, 0.1) is 5.75 Å². The van der Waals surface area contributed by atoms with E-state index >= 15 is 0 Å². The molecule has 2 unspecified atom stereocenters. The number of amides is 1. The smallest absolute Gasteiger partial charge is 0.234 e. The van der Waals surface area contributed by atoms with E-state index in [4.69, 9.17) is 0 Å². The Morgan fingerprint density at radius 3 is 2.73 bits per heavy atom. The summed E-state index contributed by atoms with van der Waals surface area (Å²) in [4.78, 5) is 23.3. The van der Waals surface area contributed by atoms with E-state index < -0.39 is 0 Å². The number of carbonyl (C=O) groups excluding carboxylic acids is 1. The maximum absolute atomic E-state index is 12.2. The number of anilines is 2. The molecule has 2 heterocycles. The summed E-state index contributed by atoms with van der Waals surface area (Å²) in [6.45, 7) is 8.64. The summed E-state index contributed by atoms with van der Waals surface area (Å²) in [5.74, 6) is 2.60. The molecular formula is C20H26N4OS. The molecule has 1 saturated heterocycles. The number of thioether (sulfide) groups is 1. The lowest BCUT2D eigenvalue weighted by Crippen LogP contribution is -2.39. The highest BCUT2D eigenvalue weighted by atomic mass is 32.2. The molecule has 1 aromatic carbocycles. The van der Waals surface area contributed by atoms with E-state index in [2.05, 4.69) is 34.0 Å². The average molecular weight is 371 g/mol. The molecule has 5 nitrogen and oxygen atoms in total. The molecule has 6 heteroatoms. The van der Waals surface area contributed by atoms with Crippen molar-refractivity contribution in [2.75, 3.05) is 29.1 Å². The Bertz CT molecular complexity index is 757. The van der Waals surface area contributed by atoms with Crippen LogP contribution in [0.5, 0.6) is 0 Å². The molecular weight excluding hydrogens is 344 g/mol. The Balaban J connectivity index is 1.57. The van der Waals surface area contributed by atoms with Gasteiger partial charge in [-0.05, 0) is 42.9 Å². The zero-order valence-corrected chi connectivity index (χ0v) is 16.4. The summed E-state index contributed by atoms with van der Waals surface area (Å²) in [5.41, 5.74) is 1.95. The van der Waals surface area contributed by atoms with Gasteiger partial charge in [0.1, 0.15) is 17.2 Å². The fourth-order valence-corrected chi connectivity index (χ4v) is 4.15. The first kappa shape index (κ1) is 18.7. The summed E-state index contributed by atoms with van der Waals surface area (Å²) < 4.78 is 0. The molecule has 2 atom stereocenters. The number of hydrogen-bond acceptors (Lipinski definition) is 5. The molecule has 1 amide bonds. The van der Waals surface area contributed by atoms with Gasteiger partial charge in [0.15, 0.2) is 0 Å². The van der Waals surface area contributed by atoms with Gasteiger partial charge in [-0.3, -0.25) is 4.79 Å². The molecule has 1 aliphatic rings. The van der Waals surface area contributed by atoms with E-state index in [0.717, 1.165) is 35.2 Å². The molecule has 26 heavy (non-hydrogen) atoms. The summed E-state index contributed by atoms with van der Waals surface area (Å²) in [5, 5.41) is 3.76. The quantitative estimate of drug-likeness (QED) is 0.637. The topological polar surface area (TPSA) is 58.1 Å². The van der Waals surface area contributed by atoms with Crippen molar-refractivity contribution in [2.24, 2.45) is 11.8 Å². The maximum Gasteiger partial charge on any atom is 0.234 e. The minimum Gasteiger partial charge on any atom is -0.356 e. The highest BCUT2D eigenvalue weighted by Gasteiger charge is 2.23. The summed E-state index contributed by atoms with van der Waals surface area (Å²) >= 11 is 1.44. The SMILES string of the molecule is Cc1cccc(NC(=O)CSc2cc(N3CC(C)CC(C)C3)ncn2)c1. The van der Waals surface area contributed by atoms with Crippen LogP contribution in [0.3, 0.4) is 0 Å². The number of benzene rings is 1. The third-order valence-electron chi connectivity index (χ3n) is 4.47. The third kappa shape index (κ3) is 5.21. The highest BCUT2D eigenvalue weighted by molar-refractivity contribution is 7.99. The van der Waals surface area contributed by atoms with Crippen LogP contribution in [0.15, 0.2) is 41.7 Å². The highest BCUT2D eigenvalue weighted by Crippen LogP contribution is 2.27. The summed E-state index contributed by atoms with van der Waals surface area (Å²) in [6, 6.07) is 9.81. The van der Waals surface area contributed by atoms with Crippen LogP contribution in [-0.4, -0.2) is 34.7 Å². The van der Waals surface area contributed by atoms with Gasteiger partial charge in [0.25, 0.3) is 0 Å². The Morgan fingerprint density at radius 2 is 2.00 bits per heavy atom. The van der Waals surface area contributed by atoms with Crippen molar-refractivity contribution < 1.29 is 4.79 Å². The predicted octanol–water partition coefficient (Wildman–Crippen LogP) is 4.00. The van der Waals surface area contributed by atoms with E-state index in [0.29, 0.717) is 17.6 Å². The molecule has 0 radical (unpaired) electrons. The first-order valence-electron chi connectivity index (χ1n) is 9.06. The molecule has 0 bridgehead atoms.